The number of aryl methyl sites for hydroxylation is 1. The quantitative estimate of drug-likeness (QED) is 0.703. The van der Waals surface area contributed by atoms with E-state index < -0.39 is 18.7 Å². The van der Waals surface area contributed by atoms with Crippen molar-refractivity contribution in [2.24, 2.45) is 7.05 Å². The van der Waals surface area contributed by atoms with Crippen molar-refractivity contribution in [3.8, 4) is 0 Å². The molecule has 74 valence electrons. The molecule has 0 amide bonds. The van der Waals surface area contributed by atoms with Crippen LogP contribution in [0.1, 0.15) is 5.82 Å². The third-order valence-corrected chi connectivity index (χ3v) is 1.30. The molecule has 5 nitrogen and oxygen atoms in total. The molecule has 1 heterocycles. The Hall–Kier alpha value is -1.18. The van der Waals surface area contributed by atoms with Gasteiger partial charge in [-0.3, -0.25) is 0 Å². The molecule has 0 aliphatic carbocycles. The highest BCUT2D eigenvalue weighted by molar-refractivity contribution is 4.83. The number of aliphatic hydroxyl groups excluding tert-OH is 1. The number of rotatable bonds is 2. The molecule has 0 spiro atoms. The van der Waals surface area contributed by atoms with Crippen molar-refractivity contribution in [1.29, 1.82) is 0 Å². The molecule has 0 unspecified atom stereocenters. The lowest BCUT2D eigenvalue weighted by Gasteiger charge is -2.11. The lowest BCUT2D eigenvalue weighted by molar-refractivity contribution is -0.203. The van der Waals surface area contributed by atoms with Gasteiger partial charge < -0.3 is 5.11 Å². The molecule has 0 saturated carbocycles. The average Bonchev–Trinajstić information content (AvgIpc) is 2.33. The summed E-state index contributed by atoms with van der Waals surface area (Å²) < 4.78 is 35.4. The number of halogens is 3. The highest BCUT2D eigenvalue weighted by Gasteiger charge is 2.38. The molecule has 0 aliphatic heterocycles. The SMILES string of the molecule is Cn1nnc(C[C@@H](O)C(F)(F)F)n1. The van der Waals surface area contributed by atoms with Gasteiger partial charge in [-0.25, -0.2) is 0 Å². The summed E-state index contributed by atoms with van der Waals surface area (Å²) in [6.07, 6.45) is -7.74. The Kier molecular flexibility index (Phi) is 2.50. The van der Waals surface area contributed by atoms with E-state index in [4.69, 9.17) is 5.11 Å². The molecule has 1 atom stereocenters. The highest BCUT2D eigenvalue weighted by Crippen LogP contribution is 2.21. The van der Waals surface area contributed by atoms with E-state index in [-0.39, 0.29) is 5.82 Å². The summed E-state index contributed by atoms with van der Waals surface area (Å²) >= 11 is 0. The van der Waals surface area contributed by atoms with Crippen LogP contribution in [0.5, 0.6) is 0 Å². The first-order valence-corrected chi connectivity index (χ1v) is 3.37. The molecule has 0 aliphatic rings. The number of aromatic nitrogens is 4. The van der Waals surface area contributed by atoms with Crippen molar-refractivity contribution in [2.45, 2.75) is 18.7 Å². The number of aliphatic hydroxyl groups is 1. The molecule has 1 aromatic rings. The van der Waals surface area contributed by atoms with Crippen LogP contribution in [0.4, 0.5) is 13.2 Å². The Morgan fingerprint density at radius 1 is 1.54 bits per heavy atom. The second-order valence-corrected chi connectivity index (χ2v) is 2.46. The summed E-state index contributed by atoms with van der Waals surface area (Å²) in [5.74, 6) is -0.132. The van der Waals surface area contributed by atoms with E-state index in [1.165, 1.54) is 7.05 Å². The fourth-order valence-corrected chi connectivity index (χ4v) is 0.694. The number of nitrogens with zero attached hydrogens (tertiary/aromatic N) is 4. The van der Waals surface area contributed by atoms with E-state index in [1.807, 2.05) is 0 Å². The van der Waals surface area contributed by atoms with Crippen molar-refractivity contribution in [3.05, 3.63) is 5.82 Å². The first kappa shape index (κ1) is 9.90. The number of alkyl halides is 3. The summed E-state index contributed by atoms with van der Waals surface area (Å²) in [5, 5.41) is 18.7. The van der Waals surface area contributed by atoms with Crippen molar-refractivity contribution < 1.29 is 18.3 Å². The topological polar surface area (TPSA) is 63.8 Å². The number of tetrazole rings is 1. The Bertz CT molecular complexity index is 284. The van der Waals surface area contributed by atoms with E-state index in [1.54, 1.807) is 0 Å². The number of hydrogen-bond acceptors (Lipinski definition) is 4. The van der Waals surface area contributed by atoms with Crippen LogP contribution in [-0.4, -0.2) is 37.6 Å². The van der Waals surface area contributed by atoms with Gasteiger partial charge in [-0.1, -0.05) is 0 Å². The van der Waals surface area contributed by atoms with Gasteiger partial charge in [0.2, 0.25) is 0 Å². The lowest BCUT2D eigenvalue weighted by Crippen LogP contribution is -2.30. The van der Waals surface area contributed by atoms with Gasteiger partial charge in [-0.15, -0.1) is 10.2 Å². The summed E-state index contributed by atoms with van der Waals surface area (Å²) in [6, 6.07) is 0. The zero-order valence-electron chi connectivity index (χ0n) is 6.65. The minimum atomic E-state index is -4.64. The fourth-order valence-electron chi connectivity index (χ4n) is 0.694. The first-order valence-electron chi connectivity index (χ1n) is 3.37. The fraction of sp³-hybridized carbons (Fsp3) is 0.800. The van der Waals surface area contributed by atoms with Gasteiger partial charge in [0.15, 0.2) is 11.9 Å². The zero-order valence-corrected chi connectivity index (χ0v) is 6.65. The van der Waals surface area contributed by atoms with E-state index >= 15 is 0 Å². The Morgan fingerprint density at radius 2 is 2.15 bits per heavy atom. The van der Waals surface area contributed by atoms with Gasteiger partial charge in [0.05, 0.1) is 7.05 Å². The van der Waals surface area contributed by atoms with Gasteiger partial charge >= 0.3 is 6.18 Å². The molecule has 1 rings (SSSR count). The normalized spacial score (nSPS) is 14.5. The largest absolute Gasteiger partial charge is 0.414 e. The van der Waals surface area contributed by atoms with Gasteiger partial charge in [-0.2, -0.15) is 18.0 Å². The maximum Gasteiger partial charge on any atom is 0.414 e. The van der Waals surface area contributed by atoms with Crippen molar-refractivity contribution >= 4 is 0 Å². The predicted octanol–water partition coefficient (Wildman–Crippen LogP) is -0.324. The average molecular weight is 196 g/mol. The number of hydrogen-bond donors (Lipinski definition) is 1. The van der Waals surface area contributed by atoms with Crippen LogP contribution < -0.4 is 0 Å². The maximum absolute atomic E-state index is 11.8. The van der Waals surface area contributed by atoms with Crippen molar-refractivity contribution in [2.75, 3.05) is 0 Å². The minimum Gasteiger partial charge on any atom is -0.383 e. The van der Waals surface area contributed by atoms with Crippen LogP contribution in [0.2, 0.25) is 0 Å². The summed E-state index contributed by atoms with van der Waals surface area (Å²) in [4.78, 5) is 1.03. The second kappa shape index (κ2) is 3.29. The predicted molar refractivity (Wildman–Crippen MR) is 34.6 cm³/mol. The van der Waals surface area contributed by atoms with Gasteiger partial charge in [-0.05, 0) is 5.21 Å². The monoisotopic (exact) mass is 196 g/mol. The Balaban J connectivity index is 2.60. The molecule has 1 N–H and O–H groups in total. The van der Waals surface area contributed by atoms with Crippen LogP contribution in [-0.2, 0) is 13.5 Å². The third kappa shape index (κ3) is 2.65. The lowest BCUT2D eigenvalue weighted by atomic mass is 10.2. The van der Waals surface area contributed by atoms with Gasteiger partial charge in [0, 0.05) is 6.42 Å². The van der Waals surface area contributed by atoms with E-state index in [0.29, 0.717) is 0 Å². The van der Waals surface area contributed by atoms with E-state index in [0.717, 1.165) is 4.80 Å². The summed E-state index contributed by atoms with van der Waals surface area (Å²) in [7, 11) is 1.43. The molecule has 0 fully saturated rings. The molecule has 8 heteroatoms. The molecular weight excluding hydrogens is 189 g/mol. The smallest absolute Gasteiger partial charge is 0.383 e. The maximum atomic E-state index is 11.8. The van der Waals surface area contributed by atoms with Crippen LogP contribution >= 0.6 is 0 Å². The van der Waals surface area contributed by atoms with Crippen LogP contribution in [0.25, 0.3) is 0 Å². The van der Waals surface area contributed by atoms with E-state index in [2.05, 4.69) is 15.4 Å². The van der Waals surface area contributed by atoms with Crippen molar-refractivity contribution in [1.82, 2.24) is 20.2 Å². The molecule has 1 aromatic heterocycles. The Morgan fingerprint density at radius 3 is 2.54 bits per heavy atom. The molecule has 0 saturated heterocycles. The standard InChI is InChI=1S/C5H7F3N4O/c1-12-10-4(9-11-12)2-3(13)5(6,7)8/h3,13H,2H2,1H3/t3-/m1/s1. The highest BCUT2D eigenvalue weighted by atomic mass is 19.4. The third-order valence-electron chi connectivity index (χ3n) is 1.30. The molecular formula is C5H7F3N4O. The van der Waals surface area contributed by atoms with Crippen LogP contribution in [0, 0.1) is 0 Å². The Labute approximate surface area is 71.2 Å². The summed E-state index contributed by atoms with van der Waals surface area (Å²) in [5.41, 5.74) is 0. The van der Waals surface area contributed by atoms with Crippen molar-refractivity contribution in [3.63, 3.8) is 0 Å². The molecule has 0 aromatic carbocycles. The van der Waals surface area contributed by atoms with Gasteiger partial charge in [0.1, 0.15) is 0 Å². The van der Waals surface area contributed by atoms with E-state index in [9.17, 15) is 13.2 Å². The van der Waals surface area contributed by atoms with Gasteiger partial charge in [0.25, 0.3) is 0 Å². The van der Waals surface area contributed by atoms with Crippen LogP contribution in [0.3, 0.4) is 0 Å². The summed E-state index contributed by atoms with van der Waals surface area (Å²) in [6.45, 7) is 0. The molecule has 0 bridgehead atoms. The first-order chi connectivity index (χ1) is 5.89. The zero-order chi connectivity index (χ0) is 10.1. The minimum absolute atomic E-state index is 0.132. The van der Waals surface area contributed by atoms with Crippen LogP contribution in [0.15, 0.2) is 0 Å². The second-order valence-electron chi connectivity index (χ2n) is 2.46. The molecule has 0 radical (unpaired) electrons. The molecule has 13 heavy (non-hydrogen) atoms.